The number of aliphatic hydroxyl groups is 1. The van der Waals surface area contributed by atoms with Crippen molar-refractivity contribution < 1.29 is 19.4 Å². The number of aliphatic imine (C=N–C) groups is 1. The molecule has 0 aromatic heterocycles. The van der Waals surface area contributed by atoms with Crippen molar-refractivity contribution in [3.8, 4) is 0 Å². The van der Waals surface area contributed by atoms with Crippen LogP contribution in [0.15, 0.2) is 4.99 Å². The van der Waals surface area contributed by atoms with Gasteiger partial charge in [-0.1, -0.05) is 0 Å². The number of hydrogen-bond donors (Lipinski definition) is 2. The monoisotopic (exact) mass is 301 g/mol. The predicted molar refractivity (Wildman–Crippen MR) is 80.6 cm³/mol. The van der Waals surface area contributed by atoms with Crippen LogP contribution in [0.25, 0.3) is 0 Å². The van der Waals surface area contributed by atoms with Crippen molar-refractivity contribution in [1.82, 2.24) is 10.2 Å². The minimum atomic E-state index is -0.483. The molecule has 1 amide bonds. The number of hydrogen-bond acceptors (Lipinski definition) is 6. The highest BCUT2D eigenvalue weighted by molar-refractivity contribution is 5.87. The van der Waals surface area contributed by atoms with Gasteiger partial charge in [-0.05, 0) is 27.2 Å². The molecule has 2 N–H and O–H groups in total. The molecule has 7 heteroatoms. The Labute approximate surface area is 126 Å². The summed E-state index contributed by atoms with van der Waals surface area (Å²) in [5.74, 6) is 0.800. The molecule has 0 aliphatic carbocycles. The van der Waals surface area contributed by atoms with Gasteiger partial charge in [0.2, 0.25) is 0 Å². The Balaban J connectivity index is 2.25. The van der Waals surface area contributed by atoms with Gasteiger partial charge in [0.1, 0.15) is 11.4 Å². The molecule has 21 heavy (non-hydrogen) atoms. The Morgan fingerprint density at radius 3 is 2.86 bits per heavy atom. The molecule has 0 unspecified atom stereocenters. The van der Waals surface area contributed by atoms with Crippen LogP contribution in [-0.4, -0.2) is 73.5 Å². The lowest BCUT2D eigenvalue weighted by molar-refractivity contribution is 0.0276. The molecule has 0 spiro atoms. The first kappa shape index (κ1) is 17.7. The first-order valence-electron chi connectivity index (χ1n) is 7.36. The highest BCUT2D eigenvalue weighted by Gasteiger charge is 2.24. The van der Waals surface area contributed by atoms with Crippen molar-refractivity contribution in [3.63, 3.8) is 0 Å². The molecular formula is C14H27N3O4. The second kappa shape index (κ2) is 8.84. The molecule has 1 aliphatic rings. The maximum Gasteiger partial charge on any atom is 0.410 e. The van der Waals surface area contributed by atoms with Crippen LogP contribution in [0.5, 0.6) is 0 Å². The summed E-state index contributed by atoms with van der Waals surface area (Å²) in [6, 6.07) is 0. The predicted octanol–water partition coefficient (Wildman–Crippen LogP) is 0.624. The SMILES string of the molecule is CC(C)(C)OC(=O)N1CCN=C(NCCCOCCO)C1. The second-order valence-corrected chi connectivity index (χ2v) is 5.85. The van der Waals surface area contributed by atoms with E-state index < -0.39 is 5.60 Å². The Morgan fingerprint density at radius 1 is 1.43 bits per heavy atom. The topological polar surface area (TPSA) is 83.4 Å². The van der Waals surface area contributed by atoms with Gasteiger partial charge in [0.15, 0.2) is 0 Å². The molecule has 1 aliphatic heterocycles. The number of amides is 1. The molecule has 0 saturated carbocycles. The van der Waals surface area contributed by atoms with Gasteiger partial charge in [0.25, 0.3) is 0 Å². The summed E-state index contributed by atoms with van der Waals surface area (Å²) in [6.07, 6.45) is 0.522. The summed E-state index contributed by atoms with van der Waals surface area (Å²) in [4.78, 5) is 18.0. The van der Waals surface area contributed by atoms with Gasteiger partial charge >= 0.3 is 6.09 Å². The van der Waals surface area contributed by atoms with E-state index in [9.17, 15) is 4.79 Å². The van der Waals surface area contributed by atoms with Crippen molar-refractivity contribution in [2.75, 3.05) is 46.0 Å². The molecule has 1 rings (SSSR count). The number of carbonyl (C=O) groups is 1. The summed E-state index contributed by atoms with van der Waals surface area (Å²) < 4.78 is 10.5. The van der Waals surface area contributed by atoms with E-state index in [2.05, 4.69) is 10.3 Å². The van der Waals surface area contributed by atoms with E-state index in [0.717, 1.165) is 18.8 Å². The van der Waals surface area contributed by atoms with Gasteiger partial charge in [-0.2, -0.15) is 0 Å². The molecule has 1 heterocycles. The van der Waals surface area contributed by atoms with E-state index >= 15 is 0 Å². The highest BCUT2D eigenvalue weighted by Crippen LogP contribution is 2.10. The maximum atomic E-state index is 12.0. The lowest BCUT2D eigenvalue weighted by Gasteiger charge is -2.29. The van der Waals surface area contributed by atoms with Crippen LogP contribution < -0.4 is 5.32 Å². The zero-order chi connectivity index (χ0) is 15.7. The van der Waals surface area contributed by atoms with Gasteiger partial charge in [0, 0.05) is 19.7 Å². The maximum absolute atomic E-state index is 12.0. The van der Waals surface area contributed by atoms with E-state index in [4.69, 9.17) is 14.6 Å². The van der Waals surface area contributed by atoms with Crippen molar-refractivity contribution in [1.29, 1.82) is 0 Å². The van der Waals surface area contributed by atoms with Crippen LogP contribution in [-0.2, 0) is 9.47 Å². The third kappa shape index (κ3) is 7.87. The molecule has 0 bridgehead atoms. The molecule has 0 radical (unpaired) electrons. The van der Waals surface area contributed by atoms with Crippen LogP contribution in [0.4, 0.5) is 4.79 Å². The average Bonchev–Trinajstić information content (AvgIpc) is 2.41. The van der Waals surface area contributed by atoms with E-state index in [0.29, 0.717) is 32.8 Å². The number of amidine groups is 1. The van der Waals surface area contributed by atoms with Crippen LogP contribution in [0, 0.1) is 0 Å². The number of rotatable bonds is 6. The molecule has 0 fully saturated rings. The first-order valence-corrected chi connectivity index (χ1v) is 7.36. The Morgan fingerprint density at radius 2 is 2.19 bits per heavy atom. The lowest BCUT2D eigenvalue weighted by Crippen LogP contribution is -2.47. The number of aliphatic hydroxyl groups excluding tert-OH is 1. The fourth-order valence-corrected chi connectivity index (χ4v) is 1.78. The summed E-state index contributed by atoms with van der Waals surface area (Å²) in [7, 11) is 0. The summed E-state index contributed by atoms with van der Waals surface area (Å²) in [5.41, 5.74) is -0.483. The van der Waals surface area contributed by atoms with E-state index in [-0.39, 0.29) is 12.7 Å². The number of nitrogens with zero attached hydrogens (tertiary/aromatic N) is 2. The fourth-order valence-electron chi connectivity index (χ4n) is 1.78. The average molecular weight is 301 g/mol. The van der Waals surface area contributed by atoms with E-state index in [1.54, 1.807) is 4.90 Å². The van der Waals surface area contributed by atoms with Crippen LogP contribution in [0.2, 0.25) is 0 Å². The summed E-state index contributed by atoms with van der Waals surface area (Å²) in [6.45, 7) is 8.92. The quantitative estimate of drug-likeness (QED) is 0.703. The van der Waals surface area contributed by atoms with E-state index in [1.807, 2.05) is 20.8 Å². The normalized spacial score (nSPS) is 15.6. The lowest BCUT2D eigenvalue weighted by atomic mass is 10.2. The number of carbonyl (C=O) groups excluding carboxylic acids is 1. The van der Waals surface area contributed by atoms with Gasteiger partial charge < -0.3 is 19.9 Å². The number of ether oxygens (including phenoxy) is 2. The van der Waals surface area contributed by atoms with Crippen LogP contribution in [0.3, 0.4) is 0 Å². The second-order valence-electron chi connectivity index (χ2n) is 5.85. The highest BCUT2D eigenvalue weighted by atomic mass is 16.6. The first-order chi connectivity index (χ1) is 9.92. The molecule has 0 atom stereocenters. The standard InChI is InChI=1S/C14H27N3O4/c1-14(2,3)21-13(19)17-7-6-16-12(11-17)15-5-4-9-20-10-8-18/h18H,4-11H2,1-3H3,(H,15,16). The van der Waals surface area contributed by atoms with E-state index in [1.165, 1.54) is 0 Å². The Hall–Kier alpha value is -1.34. The molecular weight excluding hydrogens is 274 g/mol. The van der Waals surface area contributed by atoms with Crippen molar-refractivity contribution in [3.05, 3.63) is 0 Å². The van der Waals surface area contributed by atoms with Gasteiger partial charge in [-0.15, -0.1) is 0 Å². The zero-order valence-corrected chi connectivity index (χ0v) is 13.2. The fraction of sp³-hybridized carbons (Fsp3) is 0.857. The smallest absolute Gasteiger partial charge is 0.410 e. The van der Waals surface area contributed by atoms with Crippen LogP contribution in [0.1, 0.15) is 27.2 Å². The van der Waals surface area contributed by atoms with Gasteiger partial charge in [-0.25, -0.2) is 4.79 Å². The molecule has 122 valence electrons. The van der Waals surface area contributed by atoms with Gasteiger partial charge in [-0.3, -0.25) is 9.89 Å². The van der Waals surface area contributed by atoms with Crippen molar-refractivity contribution in [2.45, 2.75) is 32.8 Å². The van der Waals surface area contributed by atoms with Crippen molar-refractivity contribution in [2.24, 2.45) is 4.99 Å². The largest absolute Gasteiger partial charge is 0.444 e. The third-order valence-corrected chi connectivity index (χ3v) is 2.70. The summed E-state index contributed by atoms with van der Waals surface area (Å²) in [5, 5.41) is 11.8. The molecule has 0 saturated heterocycles. The molecule has 7 nitrogen and oxygen atoms in total. The molecule has 0 aromatic rings. The van der Waals surface area contributed by atoms with Crippen LogP contribution >= 0.6 is 0 Å². The van der Waals surface area contributed by atoms with Gasteiger partial charge in [0.05, 0.1) is 26.3 Å². The minimum absolute atomic E-state index is 0.0466. The Bertz CT molecular complexity index is 353. The van der Waals surface area contributed by atoms with Crippen molar-refractivity contribution >= 4 is 11.9 Å². The zero-order valence-electron chi connectivity index (χ0n) is 13.2. The number of nitrogens with one attached hydrogen (secondary N) is 1. The molecule has 0 aromatic carbocycles. The summed E-state index contributed by atoms with van der Waals surface area (Å²) >= 11 is 0. The third-order valence-electron chi connectivity index (χ3n) is 2.70. The minimum Gasteiger partial charge on any atom is -0.444 e. The Kier molecular flexibility index (Phi) is 7.45.